The van der Waals surface area contributed by atoms with Crippen molar-refractivity contribution in [3.8, 4) is 5.75 Å². The van der Waals surface area contributed by atoms with Gasteiger partial charge in [0.15, 0.2) is 0 Å². The smallest absolute Gasteiger partial charge is 0.115 e. The van der Waals surface area contributed by atoms with Crippen molar-refractivity contribution in [2.45, 2.75) is 51.4 Å². The molecule has 3 atom stereocenters. The summed E-state index contributed by atoms with van der Waals surface area (Å²) in [5.41, 5.74) is 1.47. The number of aryl methyl sites for hydroxylation is 1. The first-order valence-corrected chi connectivity index (χ1v) is 7.42. The van der Waals surface area contributed by atoms with Gasteiger partial charge in [-0.2, -0.15) is 0 Å². The molecule has 0 heterocycles. The topological polar surface area (TPSA) is 60.4 Å². The van der Waals surface area contributed by atoms with E-state index in [9.17, 15) is 15.0 Å². The fraction of sp³-hybridized carbons (Fsp3) is 0.588. The average Bonchev–Trinajstić information content (AvgIpc) is 2.39. The molecule has 0 aromatic heterocycles. The van der Waals surface area contributed by atoms with E-state index in [1.165, 1.54) is 5.56 Å². The van der Waals surface area contributed by atoms with Gasteiger partial charge in [0.2, 0.25) is 0 Å². The number of hydrogen-bond donors (Lipinski definition) is 1. The number of fused-ring (bicyclic) bond motifs is 3. The number of carbonyl (C=O) groups is 1. The monoisotopic (exact) mass is 273 g/mol. The Morgan fingerprint density at radius 1 is 1.35 bits per heavy atom. The lowest BCUT2D eigenvalue weighted by Gasteiger charge is -2.55. The van der Waals surface area contributed by atoms with Gasteiger partial charge in [-0.3, -0.25) is 0 Å². The van der Waals surface area contributed by atoms with Crippen LogP contribution in [0.25, 0.3) is 0 Å². The number of carbonyl (C=O) groups excluding carboxylic acids is 1. The predicted molar refractivity (Wildman–Crippen MR) is 74.2 cm³/mol. The minimum absolute atomic E-state index is 0.0862. The maximum atomic E-state index is 11.7. The highest BCUT2D eigenvalue weighted by atomic mass is 16.4. The first-order chi connectivity index (χ1) is 9.38. The molecule has 3 rings (SSSR count). The lowest BCUT2D eigenvalue weighted by atomic mass is 9.50. The summed E-state index contributed by atoms with van der Waals surface area (Å²) in [6, 6.07) is 5.54. The molecule has 0 radical (unpaired) electrons. The maximum Gasteiger partial charge on any atom is 0.115 e. The van der Waals surface area contributed by atoms with Crippen LogP contribution in [0.2, 0.25) is 0 Å². The Morgan fingerprint density at radius 2 is 2.10 bits per heavy atom. The number of phenols is 1. The zero-order valence-electron chi connectivity index (χ0n) is 12.1. The highest BCUT2D eigenvalue weighted by molar-refractivity contribution is 5.73. The molecule has 0 spiro atoms. The Hall–Kier alpha value is -1.51. The Kier molecular flexibility index (Phi) is 2.86. The van der Waals surface area contributed by atoms with E-state index in [1.807, 2.05) is 19.1 Å². The second kappa shape index (κ2) is 4.24. The molecule has 1 fully saturated rings. The molecule has 0 saturated heterocycles. The highest BCUT2D eigenvalue weighted by Crippen LogP contribution is 2.57. The third-order valence-electron chi connectivity index (χ3n) is 5.81. The normalized spacial score (nSPS) is 36.0. The Bertz CT molecular complexity index is 565. The first-order valence-electron chi connectivity index (χ1n) is 7.42. The van der Waals surface area contributed by atoms with Crippen LogP contribution >= 0.6 is 0 Å². The zero-order chi connectivity index (χ0) is 14.5. The van der Waals surface area contributed by atoms with E-state index in [0.29, 0.717) is 6.42 Å². The molecule has 3 heteroatoms. The SMILES string of the molecule is C[C@@]1(C(=O)[O-])CCC[C@@]2(C)c3cc(O)ccc3CC[C@@H]12. The standard InChI is InChI=1S/C17H22O3/c1-16-8-3-9-17(2,15(19)20)14(16)7-5-11-4-6-12(18)10-13(11)16/h4,6,10,14,18H,3,5,7-9H2,1-2H3,(H,19,20)/p-1/t14-,16+,17-/m1/s1. The number of hydrogen-bond acceptors (Lipinski definition) is 3. The van der Waals surface area contributed by atoms with Crippen molar-refractivity contribution in [2.75, 3.05) is 0 Å². The van der Waals surface area contributed by atoms with Crippen molar-refractivity contribution in [1.82, 2.24) is 0 Å². The molecule has 0 aliphatic heterocycles. The molecule has 1 aromatic carbocycles. The van der Waals surface area contributed by atoms with Gasteiger partial charge in [-0.15, -0.1) is 0 Å². The Labute approximate surface area is 119 Å². The van der Waals surface area contributed by atoms with Crippen molar-refractivity contribution in [3.05, 3.63) is 29.3 Å². The second-order valence-corrected chi connectivity index (χ2v) is 6.91. The van der Waals surface area contributed by atoms with E-state index in [1.54, 1.807) is 6.07 Å². The van der Waals surface area contributed by atoms with Crippen LogP contribution < -0.4 is 5.11 Å². The van der Waals surface area contributed by atoms with Crippen LogP contribution in [-0.2, 0) is 16.6 Å². The van der Waals surface area contributed by atoms with E-state index in [-0.39, 0.29) is 17.1 Å². The van der Waals surface area contributed by atoms with Gasteiger partial charge in [-0.1, -0.05) is 26.3 Å². The summed E-state index contributed by atoms with van der Waals surface area (Å²) < 4.78 is 0. The van der Waals surface area contributed by atoms with Crippen molar-refractivity contribution in [3.63, 3.8) is 0 Å². The number of carboxylic acid groups (broad SMARTS) is 1. The van der Waals surface area contributed by atoms with Gasteiger partial charge >= 0.3 is 0 Å². The zero-order valence-corrected chi connectivity index (χ0v) is 12.1. The highest BCUT2D eigenvalue weighted by Gasteiger charge is 2.52. The molecule has 0 amide bonds. The molecule has 2 aliphatic rings. The number of rotatable bonds is 1. The number of benzene rings is 1. The number of aliphatic carboxylic acids is 1. The summed E-state index contributed by atoms with van der Waals surface area (Å²) in [7, 11) is 0. The molecular formula is C17H21O3-. The Balaban J connectivity index is 2.13. The molecule has 3 nitrogen and oxygen atoms in total. The molecule has 0 unspecified atom stereocenters. The third kappa shape index (κ3) is 1.68. The van der Waals surface area contributed by atoms with E-state index < -0.39 is 11.4 Å². The minimum atomic E-state index is -0.919. The third-order valence-corrected chi connectivity index (χ3v) is 5.81. The summed E-state index contributed by atoms with van der Waals surface area (Å²) in [5.74, 6) is -0.563. The van der Waals surface area contributed by atoms with E-state index in [2.05, 4.69) is 6.92 Å². The fourth-order valence-corrected chi connectivity index (χ4v) is 4.69. The van der Waals surface area contributed by atoms with Crippen LogP contribution in [-0.4, -0.2) is 11.1 Å². The second-order valence-electron chi connectivity index (χ2n) is 6.91. The number of phenolic OH excluding ortho intramolecular Hbond substituents is 1. The van der Waals surface area contributed by atoms with Crippen LogP contribution in [0.5, 0.6) is 5.75 Å². The molecule has 0 bridgehead atoms. The molecule has 2 aliphatic carbocycles. The van der Waals surface area contributed by atoms with Gasteiger partial charge in [-0.05, 0) is 60.3 Å². The van der Waals surface area contributed by atoms with Crippen LogP contribution in [0.1, 0.15) is 50.7 Å². The van der Waals surface area contributed by atoms with Gasteiger partial charge in [0.05, 0.1) is 0 Å². The minimum Gasteiger partial charge on any atom is -0.550 e. The lowest BCUT2D eigenvalue weighted by molar-refractivity contribution is -0.324. The van der Waals surface area contributed by atoms with E-state index in [4.69, 9.17) is 0 Å². The fourth-order valence-electron chi connectivity index (χ4n) is 4.69. The van der Waals surface area contributed by atoms with E-state index >= 15 is 0 Å². The quantitative estimate of drug-likeness (QED) is 0.853. The number of aromatic hydroxyl groups is 1. The van der Waals surface area contributed by atoms with Crippen molar-refractivity contribution in [1.29, 1.82) is 0 Å². The summed E-state index contributed by atoms with van der Waals surface area (Å²) in [6.07, 6.45) is 4.35. The molecule has 20 heavy (non-hydrogen) atoms. The van der Waals surface area contributed by atoms with Gasteiger partial charge in [0.25, 0.3) is 0 Å². The maximum absolute atomic E-state index is 11.7. The molecular weight excluding hydrogens is 252 g/mol. The van der Waals surface area contributed by atoms with Crippen molar-refractivity contribution < 1.29 is 15.0 Å². The van der Waals surface area contributed by atoms with Gasteiger partial charge in [0, 0.05) is 11.4 Å². The molecule has 1 N–H and O–H groups in total. The number of carboxylic acids is 1. The van der Waals surface area contributed by atoms with Crippen LogP contribution in [0.15, 0.2) is 18.2 Å². The van der Waals surface area contributed by atoms with Gasteiger partial charge in [0.1, 0.15) is 5.75 Å². The van der Waals surface area contributed by atoms with Crippen LogP contribution in [0, 0.1) is 11.3 Å². The van der Waals surface area contributed by atoms with Crippen LogP contribution in [0.4, 0.5) is 0 Å². The van der Waals surface area contributed by atoms with E-state index in [0.717, 1.165) is 31.2 Å². The van der Waals surface area contributed by atoms with Crippen molar-refractivity contribution >= 4 is 5.97 Å². The average molecular weight is 273 g/mol. The van der Waals surface area contributed by atoms with Crippen molar-refractivity contribution in [2.24, 2.45) is 11.3 Å². The van der Waals surface area contributed by atoms with Gasteiger partial charge in [-0.25, -0.2) is 0 Å². The van der Waals surface area contributed by atoms with Crippen LogP contribution in [0.3, 0.4) is 0 Å². The summed E-state index contributed by atoms with van der Waals surface area (Å²) in [6.45, 7) is 4.01. The summed E-state index contributed by atoms with van der Waals surface area (Å²) in [4.78, 5) is 11.7. The Morgan fingerprint density at radius 3 is 2.80 bits per heavy atom. The largest absolute Gasteiger partial charge is 0.550 e. The lowest BCUT2D eigenvalue weighted by Crippen LogP contribution is -2.56. The van der Waals surface area contributed by atoms with Gasteiger partial charge < -0.3 is 15.0 Å². The molecule has 1 saturated carbocycles. The molecule has 1 aromatic rings. The first kappa shape index (κ1) is 13.5. The summed E-state index contributed by atoms with van der Waals surface area (Å²) in [5, 5.41) is 21.5. The molecule has 108 valence electrons. The summed E-state index contributed by atoms with van der Waals surface area (Å²) >= 11 is 0. The predicted octanol–water partition coefficient (Wildman–Crippen LogP) is 2.15.